The highest BCUT2D eigenvalue weighted by Crippen LogP contribution is 2.40. The summed E-state index contributed by atoms with van der Waals surface area (Å²) >= 11 is 0. The summed E-state index contributed by atoms with van der Waals surface area (Å²) in [4.78, 5) is 15.7. The van der Waals surface area contributed by atoms with Crippen molar-refractivity contribution >= 4 is 17.3 Å². The summed E-state index contributed by atoms with van der Waals surface area (Å²) in [5.74, 6) is 0.0714. The van der Waals surface area contributed by atoms with Crippen LogP contribution in [0.1, 0.15) is 49.8 Å². The largest absolute Gasteiger partial charge is 0.378 e. The first-order valence-corrected chi connectivity index (χ1v) is 10.5. The fraction of sp³-hybridized carbons (Fsp3) is 0.269. The third kappa shape index (κ3) is 3.91. The van der Waals surface area contributed by atoms with Gasteiger partial charge in [0, 0.05) is 17.4 Å². The van der Waals surface area contributed by atoms with Gasteiger partial charge in [-0.2, -0.15) is 0 Å². The molecule has 0 saturated heterocycles. The fourth-order valence-corrected chi connectivity index (χ4v) is 4.43. The van der Waals surface area contributed by atoms with Gasteiger partial charge in [-0.3, -0.25) is 4.79 Å². The molecule has 0 aliphatic carbocycles. The van der Waals surface area contributed by atoms with Gasteiger partial charge in [0.1, 0.15) is 0 Å². The number of benzene rings is 3. The second-order valence-corrected chi connectivity index (χ2v) is 7.79. The molecule has 0 bridgehead atoms. The average molecular weight is 385 g/mol. The number of amides is 1. The first-order valence-electron chi connectivity index (χ1n) is 10.5. The lowest BCUT2D eigenvalue weighted by atomic mass is 9.88. The van der Waals surface area contributed by atoms with Crippen molar-refractivity contribution in [3.63, 3.8) is 0 Å². The molecule has 1 aliphatic rings. The van der Waals surface area contributed by atoms with Crippen molar-refractivity contribution in [3.8, 4) is 0 Å². The Balaban J connectivity index is 1.67. The van der Waals surface area contributed by atoms with Crippen molar-refractivity contribution in [2.24, 2.45) is 0 Å². The zero-order valence-corrected chi connectivity index (χ0v) is 17.1. The van der Waals surface area contributed by atoms with Crippen molar-refractivity contribution in [2.45, 2.75) is 44.7 Å². The maximum atomic E-state index is 13.7. The molecule has 0 aromatic heterocycles. The van der Waals surface area contributed by atoms with Gasteiger partial charge >= 0.3 is 0 Å². The number of nitrogens with one attached hydrogen (secondary N) is 1. The van der Waals surface area contributed by atoms with Crippen LogP contribution in [0.15, 0.2) is 84.9 Å². The predicted molar refractivity (Wildman–Crippen MR) is 120 cm³/mol. The number of anilines is 2. The number of para-hydroxylation sites is 2. The second kappa shape index (κ2) is 8.52. The average Bonchev–Trinajstić information content (AvgIpc) is 2.76. The molecule has 3 atom stereocenters. The number of carbonyl (C=O) groups is 1. The van der Waals surface area contributed by atoms with Crippen molar-refractivity contribution in [2.75, 3.05) is 10.2 Å². The Morgan fingerprint density at radius 2 is 1.59 bits per heavy atom. The van der Waals surface area contributed by atoms with Gasteiger partial charge in [0.05, 0.1) is 12.0 Å². The van der Waals surface area contributed by atoms with E-state index in [1.807, 2.05) is 47.4 Å². The molecular weight excluding hydrogens is 356 g/mol. The van der Waals surface area contributed by atoms with Gasteiger partial charge in [-0.25, -0.2) is 0 Å². The quantitative estimate of drug-likeness (QED) is 0.571. The van der Waals surface area contributed by atoms with Crippen molar-refractivity contribution in [1.29, 1.82) is 0 Å². The minimum Gasteiger partial charge on any atom is -0.378 e. The normalized spacial score (nSPS) is 19.3. The van der Waals surface area contributed by atoms with Crippen LogP contribution in [0.5, 0.6) is 0 Å². The first kappa shape index (κ1) is 19.3. The first-order chi connectivity index (χ1) is 14.2. The molecule has 3 unspecified atom stereocenters. The molecule has 148 valence electrons. The predicted octanol–water partition coefficient (Wildman–Crippen LogP) is 6.16. The standard InChI is InChI=1S/C26H28N2O/c1-3-22(20-12-6-4-7-13-20)26(29)28-19(2)18-24(23-16-10-11-17-25(23)28)27-21-14-8-5-9-15-21/h4-17,19,22,24,27H,3,18H2,1-2H3. The van der Waals surface area contributed by atoms with E-state index in [1.54, 1.807) is 0 Å². The van der Waals surface area contributed by atoms with E-state index in [1.165, 1.54) is 5.56 Å². The van der Waals surface area contributed by atoms with Gasteiger partial charge in [0.15, 0.2) is 0 Å². The summed E-state index contributed by atoms with van der Waals surface area (Å²) in [7, 11) is 0. The molecule has 3 aromatic rings. The Morgan fingerprint density at radius 3 is 2.28 bits per heavy atom. The Labute approximate surface area is 173 Å². The molecule has 0 saturated carbocycles. The number of nitrogens with zero attached hydrogens (tertiary/aromatic N) is 1. The molecule has 0 spiro atoms. The minimum absolute atomic E-state index is 0.120. The highest BCUT2D eigenvalue weighted by atomic mass is 16.2. The Hall–Kier alpha value is -3.07. The molecule has 0 radical (unpaired) electrons. The van der Waals surface area contributed by atoms with E-state index in [4.69, 9.17) is 0 Å². The Kier molecular flexibility index (Phi) is 5.66. The summed E-state index contributed by atoms with van der Waals surface area (Å²) in [5.41, 5.74) is 4.41. The number of rotatable bonds is 5. The Morgan fingerprint density at radius 1 is 0.966 bits per heavy atom. The molecule has 4 rings (SSSR count). The van der Waals surface area contributed by atoms with E-state index in [2.05, 4.69) is 61.6 Å². The van der Waals surface area contributed by atoms with Gasteiger partial charge in [0.2, 0.25) is 5.91 Å². The van der Waals surface area contributed by atoms with Crippen molar-refractivity contribution in [1.82, 2.24) is 0 Å². The van der Waals surface area contributed by atoms with Gasteiger partial charge in [-0.15, -0.1) is 0 Å². The summed E-state index contributed by atoms with van der Waals surface area (Å²) in [5, 5.41) is 3.66. The van der Waals surface area contributed by atoms with Gasteiger partial charge in [0.25, 0.3) is 0 Å². The van der Waals surface area contributed by atoms with Crippen LogP contribution >= 0.6 is 0 Å². The summed E-state index contributed by atoms with van der Waals surface area (Å²) in [6, 6.07) is 29.1. The molecular formula is C26H28N2O. The smallest absolute Gasteiger partial charge is 0.234 e. The third-order valence-electron chi connectivity index (χ3n) is 5.85. The van der Waals surface area contributed by atoms with Crippen molar-refractivity contribution < 1.29 is 4.79 Å². The molecule has 3 aromatic carbocycles. The molecule has 3 nitrogen and oxygen atoms in total. The summed E-state index contributed by atoms with van der Waals surface area (Å²) in [6.07, 6.45) is 1.67. The van der Waals surface area contributed by atoms with E-state index in [-0.39, 0.29) is 23.9 Å². The van der Waals surface area contributed by atoms with E-state index in [0.717, 1.165) is 29.8 Å². The zero-order valence-electron chi connectivity index (χ0n) is 17.1. The van der Waals surface area contributed by atoms with Crippen LogP contribution in [0.2, 0.25) is 0 Å². The molecule has 1 N–H and O–H groups in total. The summed E-state index contributed by atoms with van der Waals surface area (Å²) < 4.78 is 0. The highest BCUT2D eigenvalue weighted by Gasteiger charge is 2.36. The number of hydrogen-bond acceptors (Lipinski definition) is 2. The molecule has 3 heteroatoms. The van der Waals surface area contributed by atoms with Crippen LogP contribution < -0.4 is 10.2 Å². The molecule has 1 heterocycles. The lowest BCUT2D eigenvalue weighted by molar-refractivity contribution is -0.120. The van der Waals surface area contributed by atoms with E-state index in [9.17, 15) is 4.79 Å². The van der Waals surface area contributed by atoms with E-state index in [0.29, 0.717) is 0 Å². The number of hydrogen-bond donors (Lipinski definition) is 1. The van der Waals surface area contributed by atoms with Crippen LogP contribution in [0.3, 0.4) is 0 Å². The Bertz CT molecular complexity index is 955. The van der Waals surface area contributed by atoms with Crippen LogP contribution in [0, 0.1) is 0 Å². The van der Waals surface area contributed by atoms with Gasteiger partial charge in [-0.05, 0) is 49.1 Å². The van der Waals surface area contributed by atoms with E-state index >= 15 is 0 Å². The highest BCUT2D eigenvalue weighted by molar-refractivity contribution is 5.99. The fourth-order valence-electron chi connectivity index (χ4n) is 4.43. The van der Waals surface area contributed by atoms with Crippen LogP contribution in [-0.4, -0.2) is 11.9 Å². The maximum absolute atomic E-state index is 13.7. The third-order valence-corrected chi connectivity index (χ3v) is 5.85. The lowest BCUT2D eigenvalue weighted by Crippen LogP contribution is -2.46. The molecule has 1 amide bonds. The maximum Gasteiger partial charge on any atom is 0.234 e. The number of fused-ring (bicyclic) bond motifs is 1. The SMILES string of the molecule is CCC(C(=O)N1c2ccccc2C(Nc2ccccc2)CC1C)c1ccccc1. The zero-order chi connectivity index (χ0) is 20.2. The topological polar surface area (TPSA) is 32.3 Å². The molecule has 0 fully saturated rings. The van der Waals surface area contributed by atoms with Gasteiger partial charge < -0.3 is 10.2 Å². The molecule has 1 aliphatic heterocycles. The monoisotopic (exact) mass is 384 g/mol. The van der Waals surface area contributed by atoms with E-state index < -0.39 is 0 Å². The van der Waals surface area contributed by atoms with Crippen LogP contribution in [0.4, 0.5) is 11.4 Å². The molecule has 29 heavy (non-hydrogen) atoms. The van der Waals surface area contributed by atoms with Crippen LogP contribution in [-0.2, 0) is 4.79 Å². The van der Waals surface area contributed by atoms with Crippen molar-refractivity contribution in [3.05, 3.63) is 96.1 Å². The van der Waals surface area contributed by atoms with Crippen LogP contribution in [0.25, 0.3) is 0 Å². The lowest BCUT2D eigenvalue weighted by Gasteiger charge is -2.41. The second-order valence-electron chi connectivity index (χ2n) is 7.79. The minimum atomic E-state index is -0.120. The van der Waals surface area contributed by atoms with Gasteiger partial charge in [-0.1, -0.05) is 73.7 Å². The summed E-state index contributed by atoms with van der Waals surface area (Å²) in [6.45, 7) is 4.25. The number of carbonyl (C=O) groups excluding carboxylic acids is 1.